The van der Waals surface area contributed by atoms with Gasteiger partial charge in [-0.25, -0.2) is 0 Å². The van der Waals surface area contributed by atoms with Gasteiger partial charge in [-0.1, -0.05) is 6.07 Å². The molecule has 2 aromatic rings. The zero-order chi connectivity index (χ0) is 12.4. The number of ketones is 1. The number of nitrogen functional groups attached to an aromatic ring is 1. The quantitative estimate of drug-likeness (QED) is 0.698. The maximum Gasteiger partial charge on any atom is 0.207 e. The van der Waals surface area contributed by atoms with Crippen molar-refractivity contribution < 1.29 is 9.53 Å². The van der Waals surface area contributed by atoms with Crippen LogP contribution in [0.2, 0.25) is 0 Å². The van der Waals surface area contributed by atoms with Crippen LogP contribution in [0.3, 0.4) is 0 Å². The summed E-state index contributed by atoms with van der Waals surface area (Å²) in [4.78, 5) is 12.9. The van der Waals surface area contributed by atoms with E-state index in [1.54, 1.807) is 31.4 Å². The van der Waals surface area contributed by atoms with Gasteiger partial charge in [-0.3, -0.25) is 4.79 Å². The lowest BCUT2D eigenvalue weighted by atomic mass is 10.1. The van der Waals surface area contributed by atoms with Crippen molar-refractivity contribution in [2.75, 3.05) is 12.8 Å². The smallest absolute Gasteiger partial charge is 0.207 e. The van der Waals surface area contributed by atoms with Gasteiger partial charge in [0, 0.05) is 11.3 Å². The Morgan fingerprint density at radius 3 is 2.88 bits per heavy atom. The van der Waals surface area contributed by atoms with Crippen LogP contribution in [0.5, 0.6) is 5.75 Å². The summed E-state index contributed by atoms with van der Waals surface area (Å²) in [6.45, 7) is 0. The summed E-state index contributed by atoms with van der Waals surface area (Å²) >= 11 is 4.69. The molecule has 0 aliphatic rings. The Balaban J connectivity index is 2.48. The average molecular weight is 312 g/mol. The summed E-state index contributed by atoms with van der Waals surface area (Å²) in [7, 11) is 1.55. The number of methoxy groups -OCH3 is 1. The van der Waals surface area contributed by atoms with E-state index >= 15 is 0 Å². The van der Waals surface area contributed by atoms with Crippen LogP contribution >= 0.6 is 27.3 Å². The third kappa shape index (κ3) is 2.21. The number of thiophene rings is 1. The summed E-state index contributed by atoms with van der Waals surface area (Å²) in [5, 5.41) is 1.83. The molecular formula is C12H10BrNO2S. The third-order valence-electron chi connectivity index (χ3n) is 2.33. The van der Waals surface area contributed by atoms with Crippen molar-refractivity contribution in [1.82, 2.24) is 0 Å². The average Bonchev–Trinajstić information content (AvgIpc) is 2.80. The molecule has 1 heterocycles. The number of carbonyl (C=O) groups excluding carboxylic acids is 1. The predicted molar refractivity (Wildman–Crippen MR) is 72.9 cm³/mol. The van der Waals surface area contributed by atoms with Crippen molar-refractivity contribution in [3.8, 4) is 5.75 Å². The lowest BCUT2D eigenvalue weighted by Crippen LogP contribution is -2.03. The van der Waals surface area contributed by atoms with E-state index in [4.69, 9.17) is 10.5 Å². The summed E-state index contributed by atoms with van der Waals surface area (Å²) in [5.74, 6) is 0.505. The fourth-order valence-electron chi connectivity index (χ4n) is 1.47. The molecule has 0 atom stereocenters. The first kappa shape index (κ1) is 12.1. The van der Waals surface area contributed by atoms with E-state index in [1.807, 2.05) is 5.38 Å². The highest BCUT2D eigenvalue weighted by Crippen LogP contribution is 2.31. The Labute approximate surface area is 111 Å². The van der Waals surface area contributed by atoms with Gasteiger partial charge in [0.2, 0.25) is 5.78 Å². The van der Waals surface area contributed by atoms with Gasteiger partial charge >= 0.3 is 0 Å². The number of halogens is 1. The second kappa shape index (κ2) is 4.89. The maximum atomic E-state index is 12.3. The van der Waals surface area contributed by atoms with Crippen LogP contribution in [0, 0.1) is 0 Å². The normalized spacial score (nSPS) is 10.2. The highest BCUT2D eigenvalue weighted by Gasteiger charge is 2.19. The van der Waals surface area contributed by atoms with Crippen molar-refractivity contribution in [2.45, 2.75) is 0 Å². The number of rotatable bonds is 3. The van der Waals surface area contributed by atoms with Crippen LogP contribution in [0.1, 0.15) is 15.2 Å². The largest absolute Gasteiger partial charge is 0.495 e. The molecule has 17 heavy (non-hydrogen) atoms. The Morgan fingerprint density at radius 2 is 2.18 bits per heavy atom. The Bertz CT molecular complexity index is 565. The van der Waals surface area contributed by atoms with Crippen LogP contribution in [-0.4, -0.2) is 12.9 Å². The molecule has 0 radical (unpaired) electrons. The minimum atomic E-state index is -0.0870. The highest BCUT2D eigenvalue weighted by molar-refractivity contribution is 9.10. The molecule has 0 bridgehead atoms. The number of carbonyl (C=O) groups is 1. The molecule has 0 aliphatic carbocycles. The molecule has 1 aromatic carbocycles. The van der Waals surface area contributed by atoms with Gasteiger partial charge in [-0.2, -0.15) is 0 Å². The number of ether oxygens (including phenoxy) is 1. The Morgan fingerprint density at radius 1 is 1.41 bits per heavy atom. The van der Waals surface area contributed by atoms with Crippen molar-refractivity contribution in [3.63, 3.8) is 0 Å². The van der Waals surface area contributed by atoms with E-state index in [0.717, 1.165) is 0 Å². The van der Waals surface area contributed by atoms with Crippen LogP contribution < -0.4 is 10.5 Å². The Kier molecular flexibility index (Phi) is 3.49. The standard InChI is InChI=1S/C12H10BrNO2S/c1-16-9-5-6-17-12(9)11(15)7-3-2-4-8(14)10(7)13/h2-6H,14H2,1H3. The summed E-state index contributed by atoms with van der Waals surface area (Å²) in [6.07, 6.45) is 0. The van der Waals surface area contributed by atoms with Gasteiger partial charge in [0.05, 0.1) is 11.6 Å². The van der Waals surface area contributed by atoms with Gasteiger partial charge in [0.15, 0.2) is 0 Å². The summed E-state index contributed by atoms with van der Waals surface area (Å²) in [6, 6.07) is 7.01. The molecule has 2 N–H and O–H groups in total. The predicted octanol–water partition coefficient (Wildman–Crippen LogP) is 3.33. The van der Waals surface area contributed by atoms with Gasteiger partial charge in [0.1, 0.15) is 10.6 Å². The number of benzene rings is 1. The zero-order valence-corrected chi connectivity index (χ0v) is 11.5. The molecule has 3 nitrogen and oxygen atoms in total. The first-order valence-electron chi connectivity index (χ1n) is 4.85. The monoisotopic (exact) mass is 311 g/mol. The number of hydrogen-bond acceptors (Lipinski definition) is 4. The van der Waals surface area contributed by atoms with E-state index in [2.05, 4.69) is 15.9 Å². The van der Waals surface area contributed by atoms with Crippen LogP contribution in [0.4, 0.5) is 5.69 Å². The van der Waals surface area contributed by atoms with Crippen LogP contribution in [0.25, 0.3) is 0 Å². The topological polar surface area (TPSA) is 52.3 Å². The van der Waals surface area contributed by atoms with Crippen LogP contribution in [0.15, 0.2) is 34.1 Å². The fraction of sp³-hybridized carbons (Fsp3) is 0.0833. The first-order valence-corrected chi connectivity index (χ1v) is 6.52. The number of anilines is 1. The molecule has 2 rings (SSSR count). The van der Waals surface area contributed by atoms with Gasteiger partial charge in [-0.05, 0) is 39.5 Å². The van der Waals surface area contributed by atoms with E-state index in [1.165, 1.54) is 11.3 Å². The maximum absolute atomic E-state index is 12.3. The van der Waals surface area contributed by atoms with E-state index < -0.39 is 0 Å². The highest BCUT2D eigenvalue weighted by atomic mass is 79.9. The number of hydrogen-bond donors (Lipinski definition) is 1. The fourth-order valence-corrected chi connectivity index (χ4v) is 2.73. The SMILES string of the molecule is COc1ccsc1C(=O)c1cccc(N)c1Br. The van der Waals surface area contributed by atoms with Crippen LogP contribution in [-0.2, 0) is 0 Å². The van der Waals surface area contributed by atoms with E-state index in [-0.39, 0.29) is 5.78 Å². The van der Waals surface area contributed by atoms with Gasteiger partial charge < -0.3 is 10.5 Å². The molecule has 0 amide bonds. The van der Waals surface area contributed by atoms with Gasteiger partial charge in [0.25, 0.3) is 0 Å². The lowest BCUT2D eigenvalue weighted by Gasteiger charge is -2.06. The van der Waals surface area contributed by atoms with Crippen molar-refractivity contribution in [1.29, 1.82) is 0 Å². The Hall–Kier alpha value is -1.33. The van der Waals surface area contributed by atoms with Gasteiger partial charge in [-0.15, -0.1) is 11.3 Å². The second-order valence-electron chi connectivity index (χ2n) is 3.36. The molecule has 5 heteroatoms. The number of nitrogens with two attached hydrogens (primary N) is 1. The molecule has 0 saturated carbocycles. The van der Waals surface area contributed by atoms with Crippen molar-refractivity contribution >= 4 is 38.7 Å². The molecule has 0 spiro atoms. The minimum Gasteiger partial charge on any atom is -0.495 e. The molecule has 0 unspecified atom stereocenters. The lowest BCUT2D eigenvalue weighted by molar-refractivity contribution is 0.103. The van der Waals surface area contributed by atoms with Crippen molar-refractivity contribution in [3.05, 3.63) is 44.6 Å². The molecule has 1 aromatic heterocycles. The second-order valence-corrected chi connectivity index (χ2v) is 5.07. The molecule has 0 saturated heterocycles. The third-order valence-corrected chi connectivity index (χ3v) is 4.11. The van der Waals surface area contributed by atoms with E-state index in [0.29, 0.717) is 26.4 Å². The summed E-state index contributed by atoms with van der Waals surface area (Å²) in [5.41, 5.74) is 6.85. The zero-order valence-electron chi connectivity index (χ0n) is 9.07. The molecule has 0 aliphatic heterocycles. The summed E-state index contributed by atoms with van der Waals surface area (Å²) < 4.78 is 5.77. The first-order chi connectivity index (χ1) is 8.15. The van der Waals surface area contributed by atoms with Crippen molar-refractivity contribution in [2.24, 2.45) is 0 Å². The molecule has 0 fully saturated rings. The molecule has 88 valence electrons. The van der Waals surface area contributed by atoms with E-state index in [9.17, 15) is 4.79 Å². The molecular weight excluding hydrogens is 302 g/mol. The minimum absolute atomic E-state index is 0.0870.